The normalized spacial score (nSPS) is 20.7. The largest absolute Gasteiger partial charge is 0.673 e. The number of nitrogens with one attached hydrogen (secondary N) is 3. The lowest BCUT2D eigenvalue weighted by Gasteiger charge is -2.34. The van der Waals surface area contributed by atoms with E-state index in [1.165, 1.54) is 101 Å². The minimum Gasteiger partial charge on any atom is -0.497 e. The Bertz CT molecular complexity index is 6760. The molecule has 23 rings (SSSR count). The number of allylic oxidation sites excluding steroid dienone is 2. The summed E-state index contributed by atoms with van der Waals surface area (Å²) in [7, 11) is -0.585. The van der Waals surface area contributed by atoms with Crippen molar-refractivity contribution in [2.75, 3.05) is 115 Å². The number of halogens is 4. The molecule has 38 heteroatoms. The molecular formula is C106H137BF4N18O13S2. The van der Waals surface area contributed by atoms with Crippen molar-refractivity contribution >= 4 is 113 Å². The van der Waals surface area contributed by atoms with E-state index in [9.17, 15) is 58.4 Å². The first-order valence-electron chi connectivity index (χ1n) is 51.5. The van der Waals surface area contributed by atoms with Gasteiger partial charge in [0.05, 0.1) is 132 Å². The van der Waals surface area contributed by atoms with E-state index in [1.54, 1.807) is 46.3 Å². The maximum Gasteiger partial charge on any atom is 0.673 e. The molecular weight excluding hydrogens is 1880 g/mol. The van der Waals surface area contributed by atoms with Crippen LogP contribution in [0.3, 0.4) is 0 Å². The number of carbonyl (C=O) groups excluding carboxylic acids is 3. The van der Waals surface area contributed by atoms with E-state index in [1.807, 2.05) is 109 Å². The summed E-state index contributed by atoms with van der Waals surface area (Å²) in [4.78, 5) is 73.2. The highest BCUT2D eigenvalue weighted by Gasteiger charge is 2.49. The number of amides is 3. The van der Waals surface area contributed by atoms with Gasteiger partial charge in [-0.05, 0) is 285 Å². The van der Waals surface area contributed by atoms with Crippen molar-refractivity contribution < 1.29 is 82.0 Å². The van der Waals surface area contributed by atoms with Crippen molar-refractivity contribution in [2.45, 2.75) is 241 Å². The predicted octanol–water partition coefficient (Wildman–Crippen LogP) is 16.4. The number of ether oxygens (including phenoxy) is 3. The van der Waals surface area contributed by atoms with Crippen molar-refractivity contribution in [3.63, 3.8) is 0 Å². The third-order valence-corrected chi connectivity index (χ3v) is 34.4. The van der Waals surface area contributed by atoms with Crippen LogP contribution in [0.2, 0.25) is 0 Å². The summed E-state index contributed by atoms with van der Waals surface area (Å²) in [5.41, 5.74) is 16.6. The molecule has 0 unspecified atom stereocenters. The number of amidine groups is 1. The van der Waals surface area contributed by atoms with Gasteiger partial charge in [-0.25, -0.2) is 40.5 Å². The fourth-order valence-electron chi connectivity index (χ4n) is 22.5. The number of likely N-dealkylation sites (N-methyl/N-ethyl adjacent to an activating group) is 1. The standard InChI is InChI=1S/C45H54N6O5S.C36H40N4O6S.C11H16N5O.C9H16N2.C5H11NO.BF4/c1-27(2)57(54,55)47-44(52)30-14-16-38-40(20-30)50-24-32(18-31-19-36(56-3)15-17-37(31)43(50)41(38)29-8-5-4-6-9-29)42-39(22-46-51(42)33-10-7-11-33)45(53)49-26-34-21-35(49)25-48(34)23-28-12-13-28;1-21(2)47(44,45)38-35(41)23-12-14-29-31(18-23)39-20-25(33-30(36(42)43)19-37-40(33)26-10-7-11-26)16-24-17-27(46-3)13-15-28(24)34(39)32(29)22-8-5-4-6-9-22;1-14(2)11(15(3)4)17-16-10-8-6-5-7-9(10)12-13-16;1-2-7(1)5-11-6-8-3-9(11)4-10-8;1-6-2-4-7-5-3-6;2-1(3,4)5/h14-20,22,27-29,33-35H,4-13,21,23-26H2,1-3H3,(H,47,52);12-19,21-22,26H,4-11,20H2,1-3H3,(H,38,41)(H,42,43);5-8H,1-4H3;7-10H,1-6H2;2-5H2,1H3;/q;;+1;;;-1/t34-,35-;;;8-,9-;;/m0..0../s1. The Labute approximate surface area is 840 Å². The summed E-state index contributed by atoms with van der Waals surface area (Å²) in [6.45, 7) is 17.9. The number of aromatic carboxylic acids is 1. The Morgan fingerprint density at radius 2 is 1.06 bits per heavy atom. The molecule has 31 nitrogen and oxygen atoms in total. The first-order chi connectivity index (χ1) is 69.0. The molecule has 144 heavy (non-hydrogen) atoms. The number of morpholine rings is 1. The number of carboxylic acids is 1. The minimum absolute atomic E-state index is 0.0657. The molecule has 5 aromatic carbocycles. The second kappa shape index (κ2) is 43.4. The number of aromatic nitrogens is 9. The van der Waals surface area contributed by atoms with Crippen LogP contribution in [0.1, 0.15) is 268 Å². The molecule has 3 amide bonds. The van der Waals surface area contributed by atoms with Crippen molar-refractivity contribution in [3.05, 3.63) is 165 Å². The topological polar surface area (TPSA) is 325 Å². The smallest absolute Gasteiger partial charge is 0.497 e. The third kappa shape index (κ3) is 22.6. The predicted molar refractivity (Wildman–Crippen MR) is 551 cm³/mol. The first kappa shape index (κ1) is 103. The molecule has 772 valence electrons. The van der Waals surface area contributed by atoms with Gasteiger partial charge in [0.25, 0.3) is 17.7 Å². The molecule has 6 aliphatic carbocycles. The second-order valence-corrected chi connectivity index (χ2v) is 46.6. The molecule has 6 saturated carbocycles. The van der Waals surface area contributed by atoms with Crippen LogP contribution in [-0.2, 0) is 37.9 Å². The van der Waals surface area contributed by atoms with Crippen molar-refractivity contribution in [3.8, 4) is 34.0 Å². The van der Waals surface area contributed by atoms with Gasteiger partial charge in [0.1, 0.15) is 28.1 Å². The minimum atomic E-state index is -6.00. The van der Waals surface area contributed by atoms with Crippen molar-refractivity contribution in [2.24, 2.45) is 11.8 Å². The molecule has 5 aromatic heterocycles. The van der Waals surface area contributed by atoms with Gasteiger partial charge in [0.2, 0.25) is 20.0 Å². The van der Waals surface area contributed by atoms with E-state index < -0.39 is 55.6 Å². The third-order valence-electron chi connectivity index (χ3n) is 31.0. The Balaban J connectivity index is 0.000000138. The Morgan fingerprint density at radius 3 is 1.47 bits per heavy atom. The molecule has 7 aliphatic heterocycles. The zero-order valence-electron chi connectivity index (χ0n) is 84.5. The number of para-hydroxylation sites is 1. The average molecular weight is 2020 g/mol. The number of carboxylic acid groups (broad SMARTS) is 1. The van der Waals surface area contributed by atoms with Gasteiger partial charge >= 0.3 is 19.2 Å². The number of piperazine rings is 2. The van der Waals surface area contributed by atoms with Crippen LogP contribution in [0.5, 0.6) is 11.5 Å². The number of methoxy groups -OCH3 is 2. The molecule has 10 aromatic rings. The van der Waals surface area contributed by atoms with E-state index in [0.29, 0.717) is 59.6 Å². The maximum atomic E-state index is 14.9. The van der Waals surface area contributed by atoms with Crippen LogP contribution in [0.15, 0.2) is 109 Å². The Hall–Kier alpha value is -11.3. The fraction of sp³-hybridized carbons (Fsp3) is 0.538. The molecule has 12 heterocycles. The monoisotopic (exact) mass is 2020 g/mol. The van der Waals surface area contributed by atoms with Crippen LogP contribution in [0, 0.1) is 11.8 Å². The first-order valence-corrected chi connectivity index (χ1v) is 54.6. The number of likely N-dealkylation sites (tertiary alicyclic amines) is 3. The summed E-state index contributed by atoms with van der Waals surface area (Å²) in [6, 6.07) is 34.4. The van der Waals surface area contributed by atoms with Gasteiger partial charge in [-0.2, -0.15) is 10.2 Å². The molecule has 5 saturated heterocycles. The van der Waals surface area contributed by atoms with E-state index in [2.05, 4.69) is 101 Å². The van der Waals surface area contributed by atoms with Gasteiger partial charge < -0.3 is 60.8 Å². The zero-order valence-corrected chi connectivity index (χ0v) is 86.1. The van der Waals surface area contributed by atoms with Crippen LogP contribution in [0.25, 0.3) is 78.7 Å². The number of hydrogen-bond acceptors (Lipinski definition) is 20. The molecule has 0 spiro atoms. The number of rotatable bonds is 21. The number of nitrogens with zero attached hydrogens (tertiary/aromatic N) is 15. The highest BCUT2D eigenvalue weighted by atomic mass is 32.2. The second-order valence-electron chi connectivity index (χ2n) is 42.1. The number of sulfonamides is 2. The average Bonchev–Trinajstić information content (AvgIpc) is 1.57. The quantitative estimate of drug-likeness (QED) is 0.0171. The number of fused-ring (bicyclic) bond motifs is 15. The number of benzene rings is 5. The molecule has 0 radical (unpaired) electrons. The number of carbonyl (C=O) groups is 4. The Kier molecular flexibility index (Phi) is 31.0. The summed E-state index contributed by atoms with van der Waals surface area (Å²) >= 11 is 0. The Morgan fingerprint density at radius 1 is 0.569 bits per heavy atom. The van der Waals surface area contributed by atoms with E-state index in [-0.39, 0.29) is 35.2 Å². The van der Waals surface area contributed by atoms with E-state index in [0.717, 1.165) is 255 Å². The molecule has 4 N–H and O–H groups in total. The summed E-state index contributed by atoms with van der Waals surface area (Å²) < 4.78 is 121. The highest BCUT2D eigenvalue weighted by Crippen LogP contribution is 2.53. The van der Waals surface area contributed by atoms with Gasteiger partial charge in [-0.15, -0.1) is 5.10 Å². The van der Waals surface area contributed by atoms with Crippen LogP contribution in [-0.4, -0.2) is 282 Å². The van der Waals surface area contributed by atoms with Gasteiger partial charge in [0, 0.05) is 121 Å². The molecule has 13 aliphatic rings. The van der Waals surface area contributed by atoms with Gasteiger partial charge in [0.15, 0.2) is 0 Å². The summed E-state index contributed by atoms with van der Waals surface area (Å²) in [5.74, 6) is 1.70. The lowest BCUT2D eigenvalue weighted by molar-refractivity contribution is -0.480. The molecule has 4 atom stereocenters. The highest BCUT2D eigenvalue weighted by molar-refractivity contribution is 7.90. The zero-order chi connectivity index (χ0) is 101. The fourth-order valence-corrected chi connectivity index (χ4v) is 23.7. The summed E-state index contributed by atoms with van der Waals surface area (Å²) in [6.07, 6.45) is 33.1. The molecule has 11 fully saturated rings. The molecule has 4 bridgehead atoms. The van der Waals surface area contributed by atoms with E-state index >= 15 is 0 Å². The van der Waals surface area contributed by atoms with Crippen molar-refractivity contribution in [1.82, 2.24) is 83.1 Å². The van der Waals surface area contributed by atoms with Crippen LogP contribution in [0.4, 0.5) is 17.3 Å². The summed E-state index contributed by atoms with van der Waals surface area (Å²) in [5, 5.41) is 32.0. The van der Waals surface area contributed by atoms with Crippen molar-refractivity contribution in [1.29, 1.82) is 0 Å². The van der Waals surface area contributed by atoms with Crippen LogP contribution < -0.4 is 29.1 Å². The number of hydrogen-bond donors (Lipinski definition) is 4. The van der Waals surface area contributed by atoms with Gasteiger partial charge in [-0.1, -0.05) is 67.6 Å². The maximum absolute atomic E-state index is 14.9. The van der Waals surface area contributed by atoms with Gasteiger partial charge in [-0.3, -0.25) is 38.4 Å². The SMILES string of the molecule is C1CC1CN1C[C@@H]2C[C@H]1CN2.CN(C)C(On1nnc2ccccc21)=[N+](C)C.CN1CCOCC1.COc1ccc2c(c1)C=C(c1c(C(=O)N3C[C@@H]4C[C@H]3CN4CC3CC3)cnn1C1CCC1)Cn1c-2c(C2CCCCC2)c2ccc(C(=O)NS(=O)(=O)C(C)C)cc21.COc1ccc2c(c1)C=C(c1c(C(=O)O)cnn1C1CCC1)Cn1c-2c(C2CCCCC2)c2ccc(C(=O)NS(=O)(=O)C(C)C)cc21.F[B-](F)(F)F. The lowest BCUT2D eigenvalue weighted by Crippen LogP contribution is -2.49. The van der Waals surface area contributed by atoms with Crippen LogP contribution >= 0.6 is 0 Å². The lowest BCUT2D eigenvalue weighted by atomic mass is 9.81. The van der Waals surface area contributed by atoms with E-state index in [4.69, 9.17) is 24.1 Å².